The molecule has 3 aromatic rings. The quantitative estimate of drug-likeness (QED) is 0.538. The zero-order valence-corrected chi connectivity index (χ0v) is 18.2. The second kappa shape index (κ2) is 9.06. The summed E-state index contributed by atoms with van der Waals surface area (Å²) in [7, 11) is 0. The van der Waals surface area contributed by atoms with Crippen molar-refractivity contribution in [3.8, 4) is 0 Å². The van der Waals surface area contributed by atoms with Crippen molar-refractivity contribution in [1.82, 2.24) is 10.3 Å². The Hall–Kier alpha value is -2.93. The monoisotopic (exact) mass is 454 g/mol. The molecule has 6 nitrogen and oxygen atoms in total. The van der Waals surface area contributed by atoms with Gasteiger partial charge >= 0.3 is 6.03 Å². The molecule has 1 aliphatic heterocycles. The molecule has 2 aromatic carbocycles. The molecule has 0 bridgehead atoms. The molecule has 1 unspecified atom stereocenters. The summed E-state index contributed by atoms with van der Waals surface area (Å²) in [5.41, 5.74) is 4.91. The number of carbonyl (C=O) groups is 1. The first kappa shape index (κ1) is 21.3. The van der Waals surface area contributed by atoms with Crippen LogP contribution in [0.1, 0.15) is 33.9 Å². The van der Waals surface area contributed by atoms with E-state index in [0.717, 1.165) is 22.3 Å². The number of urea groups is 1. The summed E-state index contributed by atoms with van der Waals surface area (Å²) in [6.45, 7) is 2.41. The van der Waals surface area contributed by atoms with Gasteiger partial charge in [0.15, 0.2) is 0 Å². The Bertz CT molecular complexity index is 1150. The summed E-state index contributed by atoms with van der Waals surface area (Å²) in [4.78, 5) is 16.1. The van der Waals surface area contributed by atoms with Gasteiger partial charge in [-0.3, -0.25) is 0 Å². The summed E-state index contributed by atoms with van der Waals surface area (Å²) in [5.74, 6) is 0. The number of aromatic nitrogens is 1. The average molecular weight is 455 g/mol. The maximum absolute atomic E-state index is 12.0. The van der Waals surface area contributed by atoms with Gasteiger partial charge in [0.1, 0.15) is 11.3 Å². The number of nitrogens with zero attached hydrogens (tertiary/aromatic N) is 3. The van der Waals surface area contributed by atoms with Crippen molar-refractivity contribution in [2.24, 2.45) is 5.10 Å². The number of benzene rings is 2. The number of hydrazone groups is 1. The molecule has 0 saturated heterocycles. The molecule has 2 N–H and O–H groups in total. The molecule has 8 heteroatoms. The van der Waals surface area contributed by atoms with Crippen molar-refractivity contribution in [2.75, 3.05) is 11.6 Å². The predicted octanol–water partition coefficient (Wildman–Crippen LogP) is 4.88. The molecule has 1 aromatic heterocycles. The van der Waals surface area contributed by atoms with Crippen LogP contribution in [0.2, 0.25) is 10.2 Å². The van der Waals surface area contributed by atoms with Crippen molar-refractivity contribution in [3.05, 3.63) is 92.7 Å². The summed E-state index contributed by atoms with van der Waals surface area (Å²) in [5, 5.41) is 19.9. The Labute approximate surface area is 190 Å². The highest BCUT2D eigenvalue weighted by Crippen LogP contribution is 2.31. The van der Waals surface area contributed by atoms with Crippen LogP contribution < -0.4 is 10.3 Å². The van der Waals surface area contributed by atoms with Gasteiger partial charge in [0, 0.05) is 23.0 Å². The van der Waals surface area contributed by atoms with E-state index in [1.54, 1.807) is 36.7 Å². The van der Waals surface area contributed by atoms with Crippen LogP contribution in [-0.2, 0) is 6.42 Å². The van der Waals surface area contributed by atoms with E-state index in [4.69, 9.17) is 23.2 Å². The van der Waals surface area contributed by atoms with Gasteiger partial charge in [0.05, 0.1) is 12.2 Å². The van der Waals surface area contributed by atoms with Gasteiger partial charge in [-0.05, 0) is 48.2 Å². The smallest absolute Gasteiger partial charge is 0.342 e. The lowest BCUT2D eigenvalue weighted by Gasteiger charge is -2.21. The zero-order chi connectivity index (χ0) is 22.0. The summed E-state index contributed by atoms with van der Waals surface area (Å²) < 4.78 is 0. The van der Waals surface area contributed by atoms with E-state index in [0.29, 0.717) is 34.4 Å². The number of aryl methyl sites for hydroxylation is 1. The van der Waals surface area contributed by atoms with E-state index in [1.165, 1.54) is 5.01 Å². The predicted molar refractivity (Wildman–Crippen MR) is 123 cm³/mol. The number of halogens is 2. The Morgan fingerprint density at radius 2 is 1.97 bits per heavy atom. The van der Waals surface area contributed by atoms with Gasteiger partial charge in [-0.25, -0.2) is 9.78 Å². The van der Waals surface area contributed by atoms with Gasteiger partial charge in [-0.1, -0.05) is 59.1 Å². The van der Waals surface area contributed by atoms with E-state index in [1.807, 2.05) is 31.2 Å². The highest BCUT2D eigenvalue weighted by molar-refractivity contribution is 6.31. The van der Waals surface area contributed by atoms with E-state index in [2.05, 4.69) is 15.4 Å². The van der Waals surface area contributed by atoms with E-state index in [-0.39, 0.29) is 6.03 Å². The highest BCUT2D eigenvalue weighted by atomic mass is 35.5. The number of amides is 2. The van der Waals surface area contributed by atoms with Crippen molar-refractivity contribution in [2.45, 2.75) is 19.4 Å². The second-order valence-corrected chi connectivity index (χ2v) is 8.06. The molecule has 0 radical (unpaired) electrons. The number of aliphatic hydroxyl groups excluding tert-OH is 1. The number of hydrogen-bond acceptors (Lipinski definition) is 4. The molecule has 1 aliphatic rings. The van der Waals surface area contributed by atoms with Crippen LogP contribution in [-0.4, -0.2) is 28.9 Å². The normalized spacial score (nSPS) is 14.5. The first-order valence-corrected chi connectivity index (χ1v) is 10.5. The topological polar surface area (TPSA) is 77.8 Å². The number of nitrogens with one attached hydrogen (secondary N) is 1. The number of anilines is 1. The minimum Gasteiger partial charge on any atom is -0.384 e. The molecule has 0 saturated carbocycles. The van der Waals surface area contributed by atoms with Crippen molar-refractivity contribution in [1.29, 1.82) is 0 Å². The van der Waals surface area contributed by atoms with E-state index in [9.17, 15) is 9.90 Å². The molecule has 158 valence electrons. The first-order chi connectivity index (χ1) is 14.9. The minimum atomic E-state index is -0.843. The third kappa shape index (κ3) is 4.71. The third-order valence-corrected chi connectivity index (χ3v) is 5.63. The van der Waals surface area contributed by atoms with E-state index < -0.39 is 6.10 Å². The SMILES string of the molecule is Cc1ccc(C(O)c2ccc(Cl)nc2)c(Cc2ccc(N3N=CCNC3=O)cc2Cl)c1. The number of aliphatic hydroxyl groups is 1. The van der Waals surface area contributed by atoms with Gasteiger partial charge in [0.2, 0.25) is 0 Å². The lowest BCUT2D eigenvalue weighted by atomic mass is 9.92. The van der Waals surface area contributed by atoms with Crippen LogP contribution in [0.3, 0.4) is 0 Å². The highest BCUT2D eigenvalue weighted by Gasteiger charge is 2.20. The second-order valence-electron chi connectivity index (χ2n) is 7.27. The fourth-order valence-electron chi connectivity index (χ4n) is 3.47. The number of carbonyl (C=O) groups excluding carboxylic acids is 1. The molecule has 31 heavy (non-hydrogen) atoms. The molecular weight excluding hydrogens is 435 g/mol. The molecular formula is C23H20Cl2N4O2. The van der Waals surface area contributed by atoms with Crippen LogP contribution in [0.25, 0.3) is 0 Å². The number of hydrogen-bond donors (Lipinski definition) is 2. The Morgan fingerprint density at radius 1 is 1.13 bits per heavy atom. The van der Waals surface area contributed by atoms with Crippen molar-refractivity contribution >= 4 is 41.1 Å². The van der Waals surface area contributed by atoms with Crippen LogP contribution in [0.4, 0.5) is 10.5 Å². The van der Waals surface area contributed by atoms with Gasteiger partial charge in [0.25, 0.3) is 0 Å². The average Bonchev–Trinajstić information content (AvgIpc) is 2.76. The lowest BCUT2D eigenvalue weighted by molar-refractivity contribution is 0.219. The zero-order valence-electron chi connectivity index (χ0n) is 16.7. The molecule has 1 atom stereocenters. The molecule has 2 amide bonds. The molecule has 0 aliphatic carbocycles. The van der Waals surface area contributed by atoms with Crippen molar-refractivity contribution < 1.29 is 9.90 Å². The van der Waals surface area contributed by atoms with Crippen LogP contribution in [0, 0.1) is 6.92 Å². The fraction of sp³-hybridized carbons (Fsp3) is 0.174. The first-order valence-electron chi connectivity index (χ1n) is 9.70. The minimum absolute atomic E-state index is 0.299. The summed E-state index contributed by atoms with van der Waals surface area (Å²) in [6, 6.07) is 14.4. The standard InChI is InChI=1S/C23H20Cl2N4O2/c1-14-2-6-19(22(30)16-4-7-21(25)27-13-16)17(10-14)11-15-3-5-18(12-20(15)24)29-23(31)26-8-9-28-29/h2-7,9-10,12-13,22,30H,8,11H2,1H3,(H,26,31). The van der Waals surface area contributed by atoms with Crippen LogP contribution >= 0.6 is 23.2 Å². The molecule has 0 spiro atoms. The summed E-state index contributed by atoms with van der Waals surface area (Å²) >= 11 is 12.4. The molecule has 0 fully saturated rings. The maximum Gasteiger partial charge on any atom is 0.342 e. The summed E-state index contributed by atoms with van der Waals surface area (Å²) in [6.07, 6.45) is 2.87. The largest absolute Gasteiger partial charge is 0.384 e. The Balaban J connectivity index is 1.64. The number of rotatable bonds is 5. The van der Waals surface area contributed by atoms with E-state index >= 15 is 0 Å². The maximum atomic E-state index is 12.0. The third-order valence-electron chi connectivity index (χ3n) is 5.06. The van der Waals surface area contributed by atoms with Crippen molar-refractivity contribution in [3.63, 3.8) is 0 Å². The van der Waals surface area contributed by atoms with Gasteiger partial charge in [-0.15, -0.1) is 0 Å². The van der Waals surface area contributed by atoms with Gasteiger partial charge < -0.3 is 10.4 Å². The lowest BCUT2D eigenvalue weighted by Crippen LogP contribution is -2.41. The fourth-order valence-corrected chi connectivity index (χ4v) is 3.82. The number of pyridine rings is 1. The van der Waals surface area contributed by atoms with Crippen LogP contribution in [0.5, 0.6) is 0 Å². The Kier molecular flexibility index (Phi) is 6.23. The molecule has 4 rings (SSSR count). The molecule has 2 heterocycles. The Morgan fingerprint density at radius 3 is 2.68 bits per heavy atom. The van der Waals surface area contributed by atoms with Crippen LogP contribution in [0.15, 0.2) is 59.8 Å². The van der Waals surface area contributed by atoms with Gasteiger partial charge in [-0.2, -0.15) is 10.1 Å².